The van der Waals surface area contributed by atoms with Crippen molar-refractivity contribution in [2.24, 2.45) is 0 Å². The fourth-order valence-corrected chi connectivity index (χ4v) is 1.60. The van der Waals surface area contributed by atoms with Crippen LogP contribution in [0.2, 0.25) is 0 Å². The number of hydrogen-bond donors (Lipinski definition) is 0. The lowest BCUT2D eigenvalue weighted by Gasteiger charge is -2.01. The highest BCUT2D eigenvalue weighted by molar-refractivity contribution is 5.89. The van der Waals surface area contributed by atoms with Crippen LogP contribution < -0.4 is 0 Å². The van der Waals surface area contributed by atoms with Crippen LogP contribution in [0.3, 0.4) is 0 Å². The zero-order chi connectivity index (χ0) is 13.5. The van der Waals surface area contributed by atoms with E-state index in [0.29, 0.717) is 12.2 Å². The molecule has 2 rings (SSSR count). The van der Waals surface area contributed by atoms with Crippen molar-refractivity contribution in [3.63, 3.8) is 0 Å². The van der Waals surface area contributed by atoms with E-state index >= 15 is 0 Å². The Morgan fingerprint density at radius 2 is 1.95 bits per heavy atom. The van der Waals surface area contributed by atoms with Gasteiger partial charge in [-0.1, -0.05) is 24.3 Å². The first-order chi connectivity index (χ1) is 9.29. The zero-order valence-electron chi connectivity index (χ0n) is 10.7. The maximum Gasteiger partial charge on any atom is 0.338 e. The molecule has 0 aliphatic carbocycles. The largest absolute Gasteiger partial charge is 0.462 e. The summed E-state index contributed by atoms with van der Waals surface area (Å²) in [7, 11) is 0. The predicted molar refractivity (Wildman–Crippen MR) is 75.6 cm³/mol. The van der Waals surface area contributed by atoms with Crippen molar-refractivity contribution in [3.05, 3.63) is 65.5 Å². The Hall–Kier alpha value is -2.42. The molecule has 0 aliphatic rings. The van der Waals surface area contributed by atoms with E-state index in [1.807, 2.05) is 42.5 Å². The molecule has 0 bridgehead atoms. The quantitative estimate of drug-likeness (QED) is 0.784. The van der Waals surface area contributed by atoms with Gasteiger partial charge in [0.15, 0.2) is 0 Å². The van der Waals surface area contributed by atoms with Crippen molar-refractivity contribution in [3.8, 4) is 0 Å². The van der Waals surface area contributed by atoms with Crippen LogP contribution in [0, 0.1) is 0 Å². The van der Waals surface area contributed by atoms with Crippen molar-refractivity contribution in [1.82, 2.24) is 4.98 Å². The van der Waals surface area contributed by atoms with Gasteiger partial charge in [-0.2, -0.15) is 0 Å². The van der Waals surface area contributed by atoms with E-state index in [4.69, 9.17) is 4.74 Å². The van der Waals surface area contributed by atoms with Gasteiger partial charge in [0.2, 0.25) is 0 Å². The number of ether oxygens (including phenoxy) is 1. The molecule has 0 amide bonds. The molecule has 2 aromatic rings. The van der Waals surface area contributed by atoms with Crippen LogP contribution in [0.25, 0.3) is 12.2 Å². The van der Waals surface area contributed by atoms with Crippen LogP contribution in [0.4, 0.5) is 0 Å². The summed E-state index contributed by atoms with van der Waals surface area (Å²) in [5, 5.41) is 0. The van der Waals surface area contributed by atoms with Crippen LogP contribution in [-0.2, 0) is 4.74 Å². The molecular formula is C16H15NO2. The highest BCUT2D eigenvalue weighted by Gasteiger charge is 2.04. The first-order valence-electron chi connectivity index (χ1n) is 6.16. The molecule has 3 heteroatoms. The van der Waals surface area contributed by atoms with Gasteiger partial charge in [-0.25, -0.2) is 4.79 Å². The molecule has 1 aromatic carbocycles. The Labute approximate surface area is 112 Å². The minimum Gasteiger partial charge on any atom is -0.462 e. The Balaban J connectivity index is 2.07. The van der Waals surface area contributed by atoms with Gasteiger partial charge in [-0.15, -0.1) is 0 Å². The molecule has 3 nitrogen and oxygen atoms in total. The maximum absolute atomic E-state index is 11.5. The third-order valence-corrected chi connectivity index (χ3v) is 2.56. The molecule has 1 aromatic heterocycles. The van der Waals surface area contributed by atoms with Gasteiger partial charge in [0.1, 0.15) is 0 Å². The third kappa shape index (κ3) is 3.78. The number of carbonyl (C=O) groups is 1. The molecule has 0 spiro atoms. The van der Waals surface area contributed by atoms with Crippen LogP contribution in [-0.4, -0.2) is 17.6 Å². The molecule has 0 saturated heterocycles. The molecule has 0 radical (unpaired) electrons. The number of hydrogen-bond acceptors (Lipinski definition) is 3. The number of nitrogens with zero attached hydrogens (tertiary/aromatic N) is 1. The van der Waals surface area contributed by atoms with Gasteiger partial charge >= 0.3 is 5.97 Å². The van der Waals surface area contributed by atoms with Gasteiger partial charge in [-0.05, 0) is 42.8 Å². The molecule has 0 atom stereocenters. The van der Waals surface area contributed by atoms with Gasteiger partial charge in [0.25, 0.3) is 0 Å². The summed E-state index contributed by atoms with van der Waals surface area (Å²) in [5.74, 6) is -0.289. The molecule has 0 N–H and O–H groups in total. The van der Waals surface area contributed by atoms with E-state index in [0.717, 1.165) is 11.3 Å². The van der Waals surface area contributed by atoms with E-state index in [9.17, 15) is 4.79 Å². The lowest BCUT2D eigenvalue weighted by atomic mass is 10.1. The standard InChI is InChI=1S/C16H15NO2/c1-2-19-16(18)14-9-6-13(7-10-14)8-11-15-5-3-4-12-17-15/h3-12H,2H2,1H3. The van der Waals surface area contributed by atoms with Crippen molar-refractivity contribution < 1.29 is 9.53 Å². The van der Waals surface area contributed by atoms with Gasteiger partial charge < -0.3 is 4.74 Å². The average molecular weight is 253 g/mol. The van der Waals surface area contributed by atoms with Crippen LogP contribution >= 0.6 is 0 Å². The second kappa shape index (κ2) is 6.50. The van der Waals surface area contributed by atoms with Crippen molar-refractivity contribution in [2.75, 3.05) is 6.61 Å². The molecule has 96 valence electrons. The molecule has 0 saturated carbocycles. The summed E-state index contributed by atoms with van der Waals surface area (Å²) in [6, 6.07) is 13.0. The molecule has 0 fully saturated rings. The predicted octanol–water partition coefficient (Wildman–Crippen LogP) is 3.43. The number of aromatic nitrogens is 1. The minimum atomic E-state index is -0.289. The number of pyridine rings is 1. The Morgan fingerprint density at radius 3 is 2.58 bits per heavy atom. The summed E-state index contributed by atoms with van der Waals surface area (Å²) in [4.78, 5) is 15.7. The van der Waals surface area contributed by atoms with E-state index in [-0.39, 0.29) is 5.97 Å². The van der Waals surface area contributed by atoms with Crippen LogP contribution in [0.15, 0.2) is 48.7 Å². The van der Waals surface area contributed by atoms with E-state index < -0.39 is 0 Å². The highest BCUT2D eigenvalue weighted by Crippen LogP contribution is 2.09. The zero-order valence-corrected chi connectivity index (χ0v) is 10.7. The molecule has 0 aliphatic heterocycles. The molecule has 0 unspecified atom stereocenters. The summed E-state index contributed by atoms with van der Waals surface area (Å²) in [6.45, 7) is 2.18. The van der Waals surface area contributed by atoms with E-state index in [2.05, 4.69) is 4.98 Å². The van der Waals surface area contributed by atoms with Crippen LogP contribution in [0.1, 0.15) is 28.5 Å². The Morgan fingerprint density at radius 1 is 1.16 bits per heavy atom. The maximum atomic E-state index is 11.5. The first kappa shape index (κ1) is 13.0. The second-order valence-electron chi connectivity index (χ2n) is 3.93. The Bertz CT molecular complexity index is 559. The normalized spacial score (nSPS) is 10.6. The lowest BCUT2D eigenvalue weighted by Crippen LogP contribution is -2.03. The number of rotatable bonds is 4. The number of carbonyl (C=O) groups excluding carboxylic acids is 1. The van der Waals surface area contributed by atoms with Gasteiger partial charge in [0.05, 0.1) is 17.9 Å². The van der Waals surface area contributed by atoms with E-state index in [1.165, 1.54) is 0 Å². The topological polar surface area (TPSA) is 39.2 Å². The van der Waals surface area contributed by atoms with E-state index in [1.54, 1.807) is 25.3 Å². The smallest absolute Gasteiger partial charge is 0.338 e. The summed E-state index contributed by atoms with van der Waals surface area (Å²) in [6.07, 6.45) is 5.64. The van der Waals surface area contributed by atoms with Crippen molar-refractivity contribution >= 4 is 18.1 Å². The van der Waals surface area contributed by atoms with Crippen molar-refractivity contribution in [2.45, 2.75) is 6.92 Å². The average Bonchev–Trinajstić information content (AvgIpc) is 2.47. The fourth-order valence-electron chi connectivity index (χ4n) is 1.60. The first-order valence-corrected chi connectivity index (χ1v) is 6.16. The van der Waals surface area contributed by atoms with Gasteiger partial charge in [-0.3, -0.25) is 4.98 Å². The number of esters is 1. The van der Waals surface area contributed by atoms with Crippen molar-refractivity contribution in [1.29, 1.82) is 0 Å². The monoisotopic (exact) mass is 253 g/mol. The number of benzene rings is 1. The fraction of sp³-hybridized carbons (Fsp3) is 0.125. The Kier molecular flexibility index (Phi) is 4.45. The summed E-state index contributed by atoms with van der Waals surface area (Å²) in [5.41, 5.74) is 2.48. The second-order valence-corrected chi connectivity index (χ2v) is 3.93. The SMILES string of the molecule is CCOC(=O)c1ccc(C=Cc2ccccn2)cc1. The van der Waals surface area contributed by atoms with Gasteiger partial charge in [0, 0.05) is 6.20 Å². The highest BCUT2D eigenvalue weighted by atomic mass is 16.5. The molecular weight excluding hydrogens is 238 g/mol. The lowest BCUT2D eigenvalue weighted by molar-refractivity contribution is 0.0526. The minimum absolute atomic E-state index is 0.289. The third-order valence-electron chi connectivity index (χ3n) is 2.56. The summed E-state index contributed by atoms with van der Waals surface area (Å²) >= 11 is 0. The summed E-state index contributed by atoms with van der Waals surface area (Å²) < 4.78 is 4.93. The molecule has 1 heterocycles. The molecule has 19 heavy (non-hydrogen) atoms. The van der Waals surface area contributed by atoms with Crippen LogP contribution in [0.5, 0.6) is 0 Å².